The zero-order valence-corrected chi connectivity index (χ0v) is 15.8. The number of rotatable bonds is 4. The fraction of sp³-hybridized carbons (Fsp3) is 0.933. The summed E-state index contributed by atoms with van der Waals surface area (Å²) in [6.07, 6.45) is -1.68. The highest BCUT2D eigenvalue weighted by atomic mass is 35.5. The van der Waals surface area contributed by atoms with Gasteiger partial charge in [-0.05, 0) is 57.5 Å². The van der Waals surface area contributed by atoms with Gasteiger partial charge in [-0.3, -0.25) is 4.79 Å². The molecule has 1 aliphatic heterocycles. The number of nitrogens with one attached hydrogen (secondary N) is 2. The van der Waals surface area contributed by atoms with Crippen molar-refractivity contribution in [3.8, 4) is 0 Å². The first-order chi connectivity index (χ1) is 11.1. The van der Waals surface area contributed by atoms with Crippen molar-refractivity contribution in [3.63, 3.8) is 0 Å². The zero-order chi connectivity index (χ0) is 18.0. The Balaban J connectivity index is 0.00000312. The molecular formula is C15H26ClF3N2O3S. The Kier molecular flexibility index (Phi) is 7.59. The molecule has 1 heterocycles. The largest absolute Gasteiger partial charge is 0.391 e. The van der Waals surface area contributed by atoms with Crippen molar-refractivity contribution in [3.05, 3.63) is 0 Å². The van der Waals surface area contributed by atoms with E-state index < -0.39 is 32.6 Å². The Morgan fingerprint density at radius 2 is 1.68 bits per heavy atom. The molecule has 0 spiro atoms. The van der Waals surface area contributed by atoms with Crippen molar-refractivity contribution in [1.29, 1.82) is 0 Å². The van der Waals surface area contributed by atoms with Gasteiger partial charge in [0.1, 0.15) is 0 Å². The molecule has 10 heteroatoms. The van der Waals surface area contributed by atoms with Crippen LogP contribution in [0.25, 0.3) is 0 Å². The first-order valence-corrected chi connectivity index (χ1v) is 10.2. The lowest BCUT2D eigenvalue weighted by molar-refractivity contribution is -0.183. The Morgan fingerprint density at radius 3 is 2.12 bits per heavy atom. The number of hydrogen-bond acceptors (Lipinski definition) is 4. The molecule has 5 nitrogen and oxygen atoms in total. The third kappa shape index (κ3) is 5.23. The van der Waals surface area contributed by atoms with Crippen LogP contribution in [0.3, 0.4) is 0 Å². The highest BCUT2D eigenvalue weighted by molar-refractivity contribution is 7.92. The van der Waals surface area contributed by atoms with E-state index in [-0.39, 0.29) is 50.6 Å². The number of alkyl halides is 3. The van der Waals surface area contributed by atoms with Gasteiger partial charge < -0.3 is 10.6 Å². The third-order valence-corrected chi connectivity index (χ3v) is 7.41. The maximum absolute atomic E-state index is 12.7. The van der Waals surface area contributed by atoms with Gasteiger partial charge in [-0.25, -0.2) is 8.42 Å². The van der Waals surface area contributed by atoms with Crippen LogP contribution in [-0.2, 0) is 14.6 Å². The lowest BCUT2D eigenvalue weighted by Crippen LogP contribution is -2.57. The Hall–Kier alpha value is -0.540. The minimum atomic E-state index is -4.15. The Labute approximate surface area is 152 Å². The van der Waals surface area contributed by atoms with Crippen molar-refractivity contribution in [2.24, 2.45) is 11.8 Å². The maximum atomic E-state index is 12.7. The lowest BCUT2D eigenvalue weighted by Gasteiger charge is -2.35. The van der Waals surface area contributed by atoms with Crippen molar-refractivity contribution < 1.29 is 26.4 Å². The molecule has 0 atom stereocenters. The summed E-state index contributed by atoms with van der Waals surface area (Å²) in [7, 11) is -3.57. The van der Waals surface area contributed by atoms with E-state index in [1.54, 1.807) is 0 Å². The summed E-state index contributed by atoms with van der Waals surface area (Å²) in [6, 6.07) is 0. The SMILES string of the molecule is CS(=O)(=O)C1(C(=O)NCC2CCC(C(F)(F)F)CC2)CCNCC1.Cl. The summed E-state index contributed by atoms with van der Waals surface area (Å²) in [6.45, 7) is 1.16. The van der Waals surface area contributed by atoms with Gasteiger partial charge in [0.2, 0.25) is 5.91 Å². The molecule has 148 valence electrons. The van der Waals surface area contributed by atoms with Crippen molar-refractivity contribution in [1.82, 2.24) is 10.6 Å². The van der Waals surface area contributed by atoms with Gasteiger partial charge in [0.25, 0.3) is 0 Å². The second kappa shape index (κ2) is 8.43. The smallest absolute Gasteiger partial charge is 0.354 e. The fourth-order valence-electron chi connectivity index (χ4n) is 3.69. The van der Waals surface area contributed by atoms with Gasteiger partial charge in [-0.2, -0.15) is 13.2 Å². The monoisotopic (exact) mass is 406 g/mol. The third-order valence-electron chi connectivity index (χ3n) is 5.40. The molecule has 0 bridgehead atoms. The Bertz CT molecular complexity index is 555. The summed E-state index contributed by atoms with van der Waals surface area (Å²) >= 11 is 0. The van der Waals surface area contributed by atoms with Gasteiger partial charge >= 0.3 is 6.18 Å². The van der Waals surface area contributed by atoms with Crippen LogP contribution in [0, 0.1) is 11.8 Å². The van der Waals surface area contributed by atoms with Crippen LogP contribution in [0.5, 0.6) is 0 Å². The van der Waals surface area contributed by atoms with Gasteiger partial charge in [-0.1, -0.05) is 0 Å². The molecule has 2 N–H and O–H groups in total. The summed E-state index contributed by atoms with van der Waals surface area (Å²) in [5.74, 6) is -1.79. The minimum Gasteiger partial charge on any atom is -0.354 e. The standard InChI is InChI=1S/C15H25F3N2O3S.ClH/c1-24(22,23)14(6-8-19-9-7-14)13(21)20-10-11-2-4-12(5-3-11)15(16,17)18;/h11-12,19H,2-10H2,1H3,(H,20,21);1H. The topological polar surface area (TPSA) is 75.3 Å². The molecule has 1 saturated heterocycles. The first-order valence-electron chi connectivity index (χ1n) is 8.31. The maximum Gasteiger partial charge on any atom is 0.391 e. The molecule has 2 fully saturated rings. The number of halogens is 4. The van der Waals surface area contributed by atoms with E-state index in [4.69, 9.17) is 0 Å². The van der Waals surface area contributed by atoms with Crippen molar-refractivity contribution in [2.75, 3.05) is 25.9 Å². The van der Waals surface area contributed by atoms with Crippen LogP contribution in [-0.4, -0.2) is 51.1 Å². The molecular weight excluding hydrogens is 381 g/mol. The van der Waals surface area contributed by atoms with Crippen LogP contribution in [0.1, 0.15) is 38.5 Å². The van der Waals surface area contributed by atoms with Crippen LogP contribution in [0.2, 0.25) is 0 Å². The van der Waals surface area contributed by atoms with E-state index in [1.807, 2.05) is 0 Å². The molecule has 2 aliphatic rings. The average molecular weight is 407 g/mol. The van der Waals surface area contributed by atoms with Crippen LogP contribution in [0.4, 0.5) is 13.2 Å². The van der Waals surface area contributed by atoms with Crippen molar-refractivity contribution >= 4 is 28.2 Å². The van der Waals surface area contributed by atoms with Crippen LogP contribution in [0.15, 0.2) is 0 Å². The van der Waals surface area contributed by atoms with E-state index in [2.05, 4.69) is 10.6 Å². The quantitative estimate of drug-likeness (QED) is 0.749. The highest BCUT2D eigenvalue weighted by Gasteiger charge is 2.48. The van der Waals surface area contributed by atoms with Gasteiger partial charge in [0.15, 0.2) is 14.6 Å². The van der Waals surface area contributed by atoms with E-state index in [1.165, 1.54) is 0 Å². The summed E-state index contributed by atoms with van der Waals surface area (Å²) in [5, 5.41) is 5.74. The molecule has 0 unspecified atom stereocenters. The number of carbonyl (C=O) groups is 1. The lowest BCUT2D eigenvalue weighted by atomic mass is 9.81. The second-order valence-corrected chi connectivity index (χ2v) is 9.31. The van der Waals surface area contributed by atoms with Gasteiger partial charge in [0.05, 0.1) is 5.92 Å². The predicted molar refractivity (Wildman–Crippen MR) is 91.4 cm³/mol. The molecule has 25 heavy (non-hydrogen) atoms. The molecule has 2 rings (SSSR count). The van der Waals surface area contributed by atoms with Crippen LogP contribution < -0.4 is 10.6 Å². The average Bonchev–Trinajstić information content (AvgIpc) is 2.51. The predicted octanol–water partition coefficient (Wildman–Crippen LogP) is 2.06. The summed E-state index contributed by atoms with van der Waals surface area (Å²) in [5.41, 5.74) is 0. The normalized spacial score (nSPS) is 27.2. The highest BCUT2D eigenvalue weighted by Crippen LogP contribution is 2.39. The van der Waals surface area contributed by atoms with Gasteiger partial charge in [0, 0.05) is 12.8 Å². The molecule has 0 aromatic rings. The molecule has 1 saturated carbocycles. The molecule has 1 amide bonds. The van der Waals surface area contributed by atoms with Crippen LogP contribution >= 0.6 is 12.4 Å². The minimum absolute atomic E-state index is 0. The van der Waals surface area contributed by atoms with E-state index in [0.29, 0.717) is 25.9 Å². The Morgan fingerprint density at radius 1 is 1.16 bits per heavy atom. The number of amides is 1. The van der Waals surface area contributed by atoms with Crippen molar-refractivity contribution in [2.45, 2.75) is 49.4 Å². The molecule has 0 aromatic heterocycles. The second-order valence-electron chi connectivity index (χ2n) is 6.99. The zero-order valence-electron chi connectivity index (χ0n) is 14.2. The fourth-order valence-corrected chi connectivity index (χ4v) is 5.04. The molecule has 0 aromatic carbocycles. The van der Waals surface area contributed by atoms with E-state index in [9.17, 15) is 26.4 Å². The van der Waals surface area contributed by atoms with E-state index >= 15 is 0 Å². The number of hydrogen-bond donors (Lipinski definition) is 2. The summed E-state index contributed by atoms with van der Waals surface area (Å²) in [4.78, 5) is 12.5. The number of carbonyl (C=O) groups excluding carboxylic acids is 1. The molecule has 0 radical (unpaired) electrons. The van der Waals surface area contributed by atoms with Gasteiger partial charge in [-0.15, -0.1) is 12.4 Å². The summed E-state index contributed by atoms with van der Waals surface area (Å²) < 4.78 is 60.9. The number of sulfone groups is 1. The first kappa shape index (κ1) is 22.5. The number of piperidine rings is 1. The molecule has 1 aliphatic carbocycles. The van der Waals surface area contributed by atoms with E-state index in [0.717, 1.165) is 6.26 Å².